The van der Waals surface area contributed by atoms with Gasteiger partial charge in [-0.15, -0.1) is 0 Å². The van der Waals surface area contributed by atoms with Gasteiger partial charge in [0.15, 0.2) is 11.5 Å². The molecular weight excluding hydrogens is 451 g/mol. The molecule has 0 unspecified atom stereocenters. The van der Waals surface area contributed by atoms with E-state index in [1.807, 2.05) is 51.1 Å². The Bertz CT molecular complexity index is 1210. The van der Waals surface area contributed by atoms with Crippen LogP contribution in [0.2, 0.25) is 0 Å². The first kappa shape index (κ1) is 24.3. The van der Waals surface area contributed by atoms with E-state index in [4.69, 9.17) is 13.9 Å². The summed E-state index contributed by atoms with van der Waals surface area (Å²) in [6, 6.07) is 14.7. The summed E-state index contributed by atoms with van der Waals surface area (Å²) in [6.45, 7) is 6.69. The standard InChI is InChI=1S/C27H29FN2O5/c1-18(2)13-30(27(32)21-5-4-6-22(28)12-21)16-26(31)29(15-23-9-7-19(3)35-23)14-20-8-10-24-25(11-20)34-17-33-24/h4-12,18H,13-17H2,1-3H3. The summed E-state index contributed by atoms with van der Waals surface area (Å²) in [5.41, 5.74) is 1.07. The zero-order valence-electron chi connectivity index (χ0n) is 20.1. The van der Waals surface area contributed by atoms with Gasteiger partial charge in [-0.05, 0) is 60.9 Å². The van der Waals surface area contributed by atoms with E-state index < -0.39 is 5.82 Å². The van der Waals surface area contributed by atoms with Crippen LogP contribution in [0.4, 0.5) is 4.39 Å². The predicted molar refractivity (Wildman–Crippen MR) is 127 cm³/mol. The van der Waals surface area contributed by atoms with E-state index >= 15 is 0 Å². The molecule has 0 atom stereocenters. The van der Waals surface area contributed by atoms with Crippen molar-refractivity contribution in [2.45, 2.75) is 33.9 Å². The number of carbonyl (C=O) groups excluding carboxylic acids is 2. The van der Waals surface area contributed by atoms with Crippen molar-refractivity contribution < 1.29 is 27.9 Å². The van der Waals surface area contributed by atoms with Crippen LogP contribution < -0.4 is 9.47 Å². The number of halogens is 1. The predicted octanol–water partition coefficient (Wildman–Crippen LogP) is 4.78. The molecule has 184 valence electrons. The maximum Gasteiger partial charge on any atom is 0.254 e. The molecule has 2 heterocycles. The number of hydrogen-bond donors (Lipinski definition) is 0. The van der Waals surface area contributed by atoms with Crippen molar-refractivity contribution in [1.82, 2.24) is 9.80 Å². The molecule has 0 N–H and O–H groups in total. The minimum Gasteiger partial charge on any atom is -0.464 e. The second kappa shape index (κ2) is 10.6. The fraction of sp³-hybridized carbons (Fsp3) is 0.333. The van der Waals surface area contributed by atoms with Crippen molar-refractivity contribution in [3.8, 4) is 11.5 Å². The monoisotopic (exact) mass is 480 g/mol. The molecule has 0 saturated heterocycles. The molecule has 1 aromatic heterocycles. The largest absolute Gasteiger partial charge is 0.464 e. The number of aryl methyl sites for hydroxylation is 1. The first-order valence-electron chi connectivity index (χ1n) is 11.5. The minimum absolute atomic E-state index is 0.121. The summed E-state index contributed by atoms with van der Waals surface area (Å²) in [7, 11) is 0. The molecule has 8 heteroatoms. The lowest BCUT2D eigenvalue weighted by Crippen LogP contribution is -2.43. The molecule has 35 heavy (non-hydrogen) atoms. The first-order chi connectivity index (χ1) is 16.8. The first-order valence-corrected chi connectivity index (χ1v) is 11.5. The Morgan fingerprint density at radius 3 is 2.49 bits per heavy atom. The van der Waals surface area contributed by atoms with E-state index in [1.165, 1.54) is 23.1 Å². The summed E-state index contributed by atoms with van der Waals surface area (Å²) < 4.78 is 30.3. The van der Waals surface area contributed by atoms with Gasteiger partial charge in [0.05, 0.1) is 6.54 Å². The van der Waals surface area contributed by atoms with Gasteiger partial charge in [-0.1, -0.05) is 26.0 Å². The van der Waals surface area contributed by atoms with E-state index in [0.717, 1.165) is 11.3 Å². The number of amides is 2. The van der Waals surface area contributed by atoms with Crippen LogP contribution in [0.15, 0.2) is 59.0 Å². The van der Waals surface area contributed by atoms with Gasteiger partial charge >= 0.3 is 0 Å². The molecule has 0 saturated carbocycles. The summed E-state index contributed by atoms with van der Waals surface area (Å²) in [5, 5.41) is 0. The quantitative estimate of drug-likeness (QED) is 0.441. The van der Waals surface area contributed by atoms with Gasteiger partial charge in [0.25, 0.3) is 5.91 Å². The van der Waals surface area contributed by atoms with Crippen molar-refractivity contribution in [3.05, 3.63) is 83.1 Å². The molecule has 7 nitrogen and oxygen atoms in total. The van der Waals surface area contributed by atoms with Crippen molar-refractivity contribution in [2.75, 3.05) is 19.9 Å². The van der Waals surface area contributed by atoms with Crippen LogP contribution in [0, 0.1) is 18.7 Å². The maximum atomic E-state index is 13.7. The van der Waals surface area contributed by atoms with Crippen LogP contribution in [0.1, 0.15) is 41.3 Å². The second-order valence-electron chi connectivity index (χ2n) is 9.04. The Morgan fingerprint density at radius 2 is 1.77 bits per heavy atom. The highest BCUT2D eigenvalue weighted by molar-refractivity contribution is 5.96. The molecule has 4 rings (SSSR count). The maximum absolute atomic E-state index is 13.7. The third kappa shape index (κ3) is 6.20. The Labute approximate surface area is 204 Å². The van der Waals surface area contributed by atoms with Crippen LogP contribution in [0.5, 0.6) is 11.5 Å². The topological polar surface area (TPSA) is 72.2 Å². The number of rotatable bonds is 9. The van der Waals surface area contributed by atoms with Gasteiger partial charge in [0.2, 0.25) is 12.7 Å². The lowest BCUT2D eigenvalue weighted by molar-refractivity contribution is -0.133. The van der Waals surface area contributed by atoms with E-state index in [9.17, 15) is 14.0 Å². The van der Waals surface area contributed by atoms with Crippen molar-refractivity contribution in [2.24, 2.45) is 5.92 Å². The number of benzene rings is 2. The summed E-state index contributed by atoms with van der Waals surface area (Å²) in [5.74, 6) is 1.68. The van der Waals surface area contributed by atoms with Crippen LogP contribution in [0.3, 0.4) is 0 Å². The molecule has 0 radical (unpaired) electrons. The summed E-state index contributed by atoms with van der Waals surface area (Å²) in [4.78, 5) is 29.8. The number of carbonyl (C=O) groups is 2. The fourth-order valence-electron chi connectivity index (χ4n) is 3.98. The number of furan rings is 1. The normalized spacial score (nSPS) is 12.1. The van der Waals surface area contributed by atoms with E-state index in [0.29, 0.717) is 30.3 Å². The third-order valence-corrected chi connectivity index (χ3v) is 5.58. The molecule has 0 spiro atoms. The lowest BCUT2D eigenvalue weighted by Gasteiger charge is -2.28. The Morgan fingerprint density at radius 1 is 0.971 bits per heavy atom. The number of hydrogen-bond acceptors (Lipinski definition) is 5. The van der Waals surface area contributed by atoms with Crippen LogP contribution in [-0.2, 0) is 17.9 Å². The molecule has 3 aromatic rings. The highest BCUT2D eigenvalue weighted by Gasteiger charge is 2.25. The molecule has 1 aliphatic heterocycles. The van der Waals surface area contributed by atoms with E-state index in [1.54, 1.807) is 11.0 Å². The van der Waals surface area contributed by atoms with Crippen molar-refractivity contribution >= 4 is 11.8 Å². The average molecular weight is 481 g/mol. The number of ether oxygens (including phenoxy) is 2. The van der Waals surface area contributed by atoms with Crippen molar-refractivity contribution in [1.29, 1.82) is 0 Å². The second-order valence-corrected chi connectivity index (χ2v) is 9.04. The number of nitrogens with zero attached hydrogens (tertiary/aromatic N) is 2. The lowest BCUT2D eigenvalue weighted by atomic mass is 10.1. The van der Waals surface area contributed by atoms with Gasteiger partial charge in [-0.2, -0.15) is 0 Å². The number of fused-ring (bicyclic) bond motifs is 1. The van der Waals surface area contributed by atoms with Gasteiger partial charge in [-0.3, -0.25) is 9.59 Å². The zero-order valence-corrected chi connectivity index (χ0v) is 20.1. The van der Waals surface area contributed by atoms with Gasteiger partial charge in [0.1, 0.15) is 23.9 Å². The molecule has 0 bridgehead atoms. The Balaban J connectivity index is 1.56. The van der Waals surface area contributed by atoms with Gasteiger partial charge in [-0.25, -0.2) is 4.39 Å². The molecule has 1 aliphatic rings. The highest BCUT2D eigenvalue weighted by Crippen LogP contribution is 2.33. The molecule has 2 aromatic carbocycles. The average Bonchev–Trinajstić information content (AvgIpc) is 3.45. The smallest absolute Gasteiger partial charge is 0.254 e. The van der Waals surface area contributed by atoms with E-state index in [2.05, 4.69) is 0 Å². The SMILES string of the molecule is Cc1ccc(CN(Cc2ccc3c(c2)OCO3)C(=O)CN(CC(C)C)C(=O)c2cccc(F)c2)o1. The molecule has 2 amide bonds. The third-order valence-electron chi connectivity index (χ3n) is 5.58. The minimum atomic E-state index is -0.496. The fourth-order valence-corrected chi connectivity index (χ4v) is 3.98. The van der Waals surface area contributed by atoms with Gasteiger partial charge < -0.3 is 23.7 Å². The Hall–Kier alpha value is -3.81. The van der Waals surface area contributed by atoms with Crippen LogP contribution in [0.25, 0.3) is 0 Å². The van der Waals surface area contributed by atoms with E-state index in [-0.39, 0.29) is 43.2 Å². The highest BCUT2D eigenvalue weighted by atomic mass is 19.1. The summed E-state index contributed by atoms with van der Waals surface area (Å²) >= 11 is 0. The molecule has 0 aliphatic carbocycles. The molecular formula is C27H29FN2O5. The summed E-state index contributed by atoms with van der Waals surface area (Å²) in [6.07, 6.45) is 0. The molecule has 0 fully saturated rings. The Kier molecular flexibility index (Phi) is 7.39. The van der Waals surface area contributed by atoms with Crippen LogP contribution >= 0.6 is 0 Å². The van der Waals surface area contributed by atoms with Crippen LogP contribution in [-0.4, -0.2) is 41.5 Å². The zero-order chi connectivity index (χ0) is 24.9. The van der Waals surface area contributed by atoms with Crippen molar-refractivity contribution in [3.63, 3.8) is 0 Å². The van der Waals surface area contributed by atoms with Gasteiger partial charge in [0, 0.05) is 18.7 Å².